The number of fused-ring (bicyclic) bond motifs is 5. The van der Waals surface area contributed by atoms with Crippen LogP contribution in [-0.2, 0) is 0 Å². The monoisotopic (exact) mass is 317 g/mol. The second-order valence-electron chi connectivity index (χ2n) is 9.54. The molecule has 3 heteroatoms. The summed E-state index contributed by atoms with van der Waals surface area (Å²) in [6.07, 6.45) is 7.87. The van der Waals surface area contributed by atoms with Crippen molar-refractivity contribution in [3.05, 3.63) is 0 Å². The van der Waals surface area contributed by atoms with Crippen LogP contribution in [0.1, 0.15) is 65.2 Å². The largest absolute Gasteiger partial charge is 0.393 e. The zero-order chi connectivity index (χ0) is 16.4. The molecule has 0 amide bonds. The maximum Gasteiger partial charge on any atom is 0.0661 e. The van der Waals surface area contributed by atoms with Gasteiger partial charge in [-0.3, -0.25) is 0 Å². The fraction of sp³-hybridized carbons (Fsp3) is 0.950. The van der Waals surface area contributed by atoms with E-state index >= 15 is 0 Å². The molecule has 0 aromatic heterocycles. The van der Waals surface area contributed by atoms with Crippen LogP contribution in [0.3, 0.4) is 0 Å². The Kier molecular flexibility index (Phi) is 3.60. The fourth-order valence-electron chi connectivity index (χ4n) is 7.57. The van der Waals surface area contributed by atoms with E-state index in [0.717, 1.165) is 32.1 Å². The molecule has 4 saturated carbocycles. The van der Waals surface area contributed by atoms with E-state index < -0.39 is 0 Å². The highest BCUT2D eigenvalue weighted by Crippen LogP contribution is 2.67. The molecule has 0 aliphatic heterocycles. The van der Waals surface area contributed by atoms with Gasteiger partial charge in [-0.25, -0.2) is 0 Å². The summed E-state index contributed by atoms with van der Waals surface area (Å²) in [5.74, 6) is 2.27. The molecule has 0 heterocycles. The summed E-state index contributed by atoms with van der Waals surface area (Å²) in [6.45, 7) is 4.67. The third-order valence-corrected chi connectivity index (χ3v) is 8.72. The summed E-state index contributed by atoms with van der Waals surface area (Å²) >= 11 is 0. The van der Waals surface area contributed by atoms with Crippen LogP contribution in [0.4, 0.5) is 0 Å². The predicted molar refractivity (Wildman–Crippen MR) is 88.2 cm³/mol. The van der Waals surface area contributed by atoms with Crippen LogP contribution in [0.2, 0.25) is 0 Å². The van der Waals surface area contributed by atoms with Crippen LogP contribution < -0.4 is 0 Å². The third-order valence-electron chi connectivity index (χ3n) is 8.72. The minimum absolute atomic E-state index is 0.0205. The van der Waals surface area contributed by atoms with Crippen LogP contribution in [0.25, 0.3) is 0 Å². The van der Waals surface area contributed by atoms with Gasteiger partial charge in [0.15, 0.2) is 0 Å². The van der Waals surface area contributed by atoms with Crippen LogP contribution >= 0.6 is 0 Å². The normalized spacial score (nSPS) is 58.7. The number of nitrogens with zero attached hydrogens (tertiary/aromatic N) is 1. The highest BCUT2D eigenvalue weighted by atomic mass is 16.3. The first-order chi connectivity index (χ1) is 10.9. The van der Waals surface area contributed by atoms with Crippen molar-refractivity contribution in [1.82, 2.24) is 0 Å². The minimum Gasteiger partial charge on any atom is -0.393 e. The summed E-state index contributed by atoms with van der Waals surface area (Å²) in [5, 5.41) is 30.8. The first kappa shape index (κ1) is 15.9. The molecule has 3 nitrogen and oxygen atoms in total. The summed E-state index contributed by atoms with van der Waals surface area (Å²) < 4.78 is 0. The fourth-order valence-corrected chi connectivity index (χ4v) is 7.57. The van der Waals surface area contributed by atoms with Crippen molar-refractivity contribution < 1.29 is 10.2 Å². The Balaban J connectivity index is 1.68. The second-order valence-corrected chi connectivity index (χ2v) is 9.54. The van der Waals surface area contributed by atoms with E-state index in [4.69, 9.17) is 0 Å². The number of hydrogen-bond acceptors (Lipinski definition) is 3. The summed E-state index contributed by atoms with van der Waals surface area (Å²) in [5.41, 5.74) is 0.209. The van der Waals surface area contributed by atoms with Gasteiger partial charge in [-0.05, 0) is 85.9 Å². The van der Waals surface area contributed by atoms with E-state index in [0.29, 0.717) is 23.7 Å². The second kappa shape index (κ2) is 5.20. The van der Waals surface area contributed by atoms with Crippen molar-refractivity contribution in [2.75, 3.05) is 0 Å². The quantitative estimate of drug-likeness (QED) is 0.718. The van der Waals surface area contributed by atoms with E-state index in [1.807, 2.05) is 0 Å². The minimum atomic E-state index is -0.266. The van der Waals surface area contributed by atoms with E-state index in [-0.39, 0.29) is 29.0 Å². The lowest BCUT2D eigenvalue weighted by molar-refractivity contribution is -0.175. The Morgan fingerprint density at radius 1 is 1.00 bits per heavy atom. The predicted octanol–water partition coefficient (Wildman–Crippen LogP) is 3.50. The van der Waals surface area contributed by atoms with Crippen molar-refractivity contribution in [3.8, 4) is 6.07 Å². The van der Waals surface area contributed by atoms with Gasteiger partial charge in [0.2, 0.25) is 0 Å². The molecule has 9 atom stereocenters. The molecule has 128 valence electrons. The molecular formula is C20H31NO2. The average Bonchev–Trinajstić information content (AvgIpc) is 2.83. The lowest BCUT2D eigenvalue weighted by atomic mass is 9.44. The standard InChI is InChI=1S/C20H31NO2/c1-19-8-7-14(22)9-12(19)3-5-15-16-6-4-13(11-21)20(16,2)10-17(23)18(15)19/h12-18,22-23H,3-10H2,1-2H3/t12-,13+,14?,15-,16-,17-,18+,19-,20+/m0/s1. The molecule has 23 heavy (non-hydrogen) atoms. The Morgan fingerprint density at radius 2 is 1.78 bits per heavy atom. The zero-order valence-electron chi connectivity index (χ0n) is 14.5. The Bertz CT molecular complexity index is 528. The molecule has 1 unspecified atom stereocenters. The van der Waals surface area contributed by atoms with Gasteiger partial charge in [0, 0.05) is 0 Å². The topological polar surface area (TPSA) is 64.2 Å². The number of hydrogen-bond donors (Lipinski definition) is 2. The van der Waals surface area contributed by atoms with Gasteiger partial charge in [-0.1, -0.05) is 13.8 Å². The van der Waals surface area contributed by atoms with Crippen molar-refractivity contribution >= 4 is 0 Å². The number of aliphatic hydroxyl groups excluding tert-OH is 2. The smallest absolute Gasteiger partial charge is 0.0661 e. The van der Waals surface area contributed by atoms with Gasteiger partial charge < -0.3 is 10.2 Å². The Morgan fingerprint density at radius 3 is 2.52 bits per heavy atom. The molecule has 4 aliphatic rings. The molecular weight excluding hydrogens is 286 g/mol. The molecule has 0 saturated heterocycles. The van der Waals surface area contributed by atoms with E-state index in [1.54, 1.807) is 0 Å². The van der Waals surface area contributed by atoms with Gasteiger partial charge in [-0.2, -0.15) is 5.26 Å². The van der Waals surface area contributed by atoms with Crippen molar-refractivity contribution in [2.45, 2.75) is 77.4 Å². The number of nitriles is 1. The van der Waals surface area contributed by atoms with Gasteiger partial charge in [0.25, 0.3) is 0 Å². The number of aliphatic hydroxyl groups is 2. The molecule has 0 spiro atoms. The van der Waals surface area contributed by atoms with E-state index in [9.17, 15) is 15.5 Å². The Labute approximate surface area is 140 Å². The molecule has 0 aromatic carbocycles. The lowest BCUT2D eigenvalue weighted by Gasteiger charge is -2.62. The zero-order valence-corrected chi connectivity index (χ0v) is 14.5. The van der Waals surface area contributed by atoms with Gasteiger partial charge in [-0.15, -0.1) is 0 Å². The molecule has 4 aliphatic carbocycles. The molecule has 4 rings (SSSR count). The first-order valence-corrected chi connectivity index (χ1v) is 9.66. The van der Waals surface area contributed by atoms with Crippen LogP contribution in [0, 0.1) is 51.8 Å². The first-order valence-electron chi connectivity index (χ1n) is 9.66. The van der Waals surface area contributed by atoms with Crippen LogP contribution in [0.5, 0.6) is 0 Å². The maximum absolute atomic E-state index is 11.1. The SMILES string of the molecule is C[C@]12CCC(O)C[C@@H]1CC[C@@H]1[C@@H]2[C@@H](O)C[C@]2(C)[C@@H](C#N)CC[C@@H]12. The molecule has 0 bridgehead atoms. The molecule has 0 aromatic rings. The highest BCUT2D eigenvalue weighted by molar-refractivity contribution is 5.14. The molecule has 0 radical (unpaired) electrons. The summed E-state index contributed by atoms with van der Waals surface area (Å²) in [7, 11) is 0. The average molecular weight is 317 g/mol. The summed E-state index contributed by atoms with van der Waals surface area (Å²) in [4.78, 5) is 0. The molecule has 4 fully saturated rings. The Hall–Kier alpha value is -0.590. The van der Waals surface area contributed by atoms with Crippen molar-refractivity contribution in [1.29, 1.82) is 5.26 Å². The maximum atomic E-state index is 11.1. The lowest BCUT2D eigenvalue weighted by Crippen LogP contribution is -2.59. The van der Waals surface area contributed by atoms with Crippen molar-refractivity contribution in [2.24, 2.45) is 40.4 Å². The van der Waals surface area contributed by atoms with E-state index in [1.165, 1.54) is 19.3 Å². The highest BCUT2D eigenvalue weighted by Gasteiger charge is 2.63. The molecule has 2 N–H and O–H groups in total. The van der Waals surface area contributed by atoms with Crippen LogP contribution in [0.15, 0.2) is 0 Å². The van der Waals surface area contributed by atoms with Crippen LogP contribution in [-0.4, -0.2) is 22.4 Å². The van der Waals surface area contributed by atoms with Gasteiger partial charge >= 0.3 is 0 Å². The number of rotatable bonds is 0. The third kappa shape index (κ3) is 2.07. The van der Waals surface area contributed by atoms with E-state index in [2.05, 4.69) is 19.9 Å². The summed E-state index contributed by atoms with van der Waals surface area (Å²) in [6, 6.07) is 2.55. The van der Waals surface area contributed by atoms with Crippen molar-refractivity contribution in [3.63, 3.8) is 0 Å². The van der Waals surface area contributed by atoms with Gasteiger partial charge in [0.05, 0.1) is 24.2 Å². The van der Waals surface area contributed by atoms with Gasteiger partial charge in [0.1, 0.15) is 0 Å².